The fourth-order valence-corrected chi connectivity index (χ4v) is 3.95. The van der Waals surface area contributed by atoms with Crippen LogP contribution in [0.1, 0.15) is 17.0 Å². The summed E-state index contributed by atoms with van der Waals surface area (Å²) in [5.41, 5.74) is 6.28. The number of H-pyrrole nitrogens is 1. The normalized spacial score (nSPS) is 11.4. The van der Waals surface area contributed by atoms with Crippen molar-refractivity contribution in [1.82, 2.24) is 14.5 Å². The summed E-state index contributed by atoms with van der Waals surface area (Å²) in [4.78, 5) is 21.4. The molecule has 5 aromatic rings. The maximum Gasteiger partial charge on any atom is 0.261 e. The Balaban J connectivity index is 1.74. The van der Waals surface area contributed by atoms with Gasteiger partial charge >= 0.3 is 0 Å². The number of aromatic nitrogens is 3. The molecular weight excluding hydrogens is 358 g/mol. The molecule has 0 atom stereocenters. The second-order valence-corrected chi connectivity index (χ2v) is 7.46. The molecule has 0 unspecified atom stereocenters. The monoisotopic (exact) mass is 379 g/mol. The van der Waals surface area contributed by atoms with Gasteiger partial charge in [0.25, 0.3) is 5.56 Å². The second-order valence-electron chi connectivity index (χ2n) is 7.46. The van der Waals surface area contributed by atoms with Gasteiger partial charge in [-0.15, -0.1) is 0 Å². The highest BCUT2D eigenvalue weighted by Crippen LogP contribution is 2.31. The van der Waals surface area contributed by atoms with Crippen LogP contribution in [-0.4, -0.2) is 14.5 Å². The highest BCUT2D eigenvalue weighted by molar-refractivity contribution is 5.91. The third kappa shape index (κ3) is 2.93. The van der Waals surface area contributed by atoms with Crippen molar-refractivity contribution in [2.75, 3.05) is 0 Å². The smallest absolute Gasteiger partial charge is 0.261 e. The van der Waals surface area contributed by atoms with Crippen molar-refractivity contribution in [3.05, 3.63) is 100 Å². The lowest BCUT2D eigenvalue weighted by Gasteiger charge is -2.12. The number of nitrogens with one attached hydrogen (secondary N) is 1. The Labute approximate surface area is 168 Å². The molecule has 0 spiro atoms. The Kier molecular flexibility index (Phi) is 4.06. The standard InChI is InChI=1S/C25H21N3O/c1-16-11-13-18(14-12-16)24-21(19-7-3-5-9-22(19)27-24)15-28-17(2)26-23-10-6-4-8-20(23)25(28)29/h3-14,27H,15H2,1-2H3. The lowest BCUT2D eigenvalue weighted by atomic mass is 10.0. The molecule has 0 radical (unpaired) electrons. The molecule has 1 N–H and O–H groups in total. The summed E-state index contributed by atoms with van der Waals surface area (Å²) in [7, 11) is 0. The predicted octanol–water partition coefficient (Wildman–Crippen LogP) is 5.21. The zero-order chi connectivity index (χ0) is 20.0. The van der Waals surface area contributed by atoms with Crippen molar-refractivity contribution in [3.8, 4) is 11.3 Å². The molecule has 0 fully saturated rings. The van der Waals surface area contributed by atoms with Crippen LogP contribution in [0.25, 0.3) is 33.1 Å². The summed E-state index contributed by atoms with van der Waals surface area (Å²) >= 11 is 0. The number of nitrogens with zero attached hydrogens (tertiary/aromatic N) is 2. The number of aromatic amines is 1. The number of rotatable bonds is 3. The van der Waals surface area contributed by atoms with Gasteiger partial charge < -0.3 is 4.98 Å². The molecule has 0 saturated heterocycles. The topological polar surface area (TPSA) is 50.7 Å². The van der Waals surface area contributed by atoms with E-state index in [9.17, 15) is 4.79 Å². The third-order valence-corrected chi connectivity index (χ3v) is 5.52. The Hall–Kier alpha value is -3.66. The van der Waals surface area contributed by atoms with E-state index in [1.165, 1.54) is 5.56 Å². The SMILES string of the molecule is Cc1ccc(-c2[nH]c3ccccc3c2Cn2c(C)nc3ccccc3c2=O)cc1. The molecule has 0 saturated carbocycles. The molecule has 3 aromatic carbocycles. The molecule has 2 aromatic heterocycles. The molecule has 4 nitrogen and oxygen atoms in total. The molecule has 29 heavy (non-hydrogen) atoms. The van der Waals surface area contributed by atoms with Crippen molar-refractivity contribution in [2.45, 2.75) is 20.4 Å². The van der Waals surface area contributed by atoms with Gasteiger partial charge in [-0.2, -0.15) is 0 Å². The van der Waals surface area contributed by atoms with Crippen LogP contribution in [0.15, 0.2) is 77.6 Å². The molecule has 4 heteroatoms. The van der Waals surface area contributed by atoms with E-state index in [0.717, 1.165) is 33.2 Å². The van der Waals surface area contributed by atoms with Gasteiger partial charge in [-0.3, -0.25) is 9.36 Å². The van der Waals surface area contributed by atoms with Crippen molar-refractivity contribution in [1.29, 1.82) is 0 Å². The van der Waals surface area contributed by atoms with E-state index in [4.69, 9.17) is 0 Å². The first kappa shape index (κ1) is 17.4. The lowest BCUT2D eigenvalue weighted by Crippen LogP contribution is -2.24. The summed E-state index contributed by atoms with van der Waals surface area (Å²) in [6.07, 6.45) is 0. The first-order valence-electron chi connectivity index (χ1n) is 9.74. The predicted molar refractivity (Wildman–Crippen MR) is 118 cm³/mol. The molecule has 0 aliphatic heterocycles. The van der Waals surface area contributed by atoms with Crippen molar-refractivity contribution < 1.29 is 0 Å². The lowest BCUT2D eigenvalue weighted by molar-refractivity contribution is 0.717. The average Bonchev–Trinajstić information content (AvgIpc) is 3.10. The van der Waals surface area contributed by atoms with Crippen LogP contribution in [0.3, 0.4) is 0 Å². The van der Waals surface area contributed by atoms with Crippen molar-refractivity contribution in [2.24, 2.45) is 0 Å². The Bertz CT molecular complexity index is 1410. The largest absolute Gasteiger partial charge is 0.354 e. The van der Waals surface area contributed by atoms with Crippen molar-refractivity contribution in [3.63, 3.8) is 0 Å². The van der Waals surface area contributed by atoms with E-state index in [2.05, 4.69) is 53.3 Å². The molecule has 142 valence electrons. The van der Waals surface area contributed by atoms with E-state index >= 15 is 0 Å². The third-order valence-electron chi connectivity index (χ3n) is 5.52. The van der Waals surface area contributed by atoms with Gasteiger partial charge in [-0.1, -0.05) is 60.2 Å². The van der Waals surface area contributed by atoms with Gasteiger partial charge in [0.05, 0.1) is 23.1 Å². The highest BCUT2D eigenvalue weighted by Gasteiger charge is 2.16. The quantitative estimate of drug-likeness (QED) is 0.468. The fraction of sp³-hybridized carbons (Fsp3) is 0.120. The molecule has 0 amide bonds. The summed E-state index contributed by atoms with van der Waals surface area (Å²) in [5.74, 6) is 0.717. The van der Waals surface area contributed by atoms with E-state index in [1.54, 1.807) is 4.57 Å². The van der Waals surface area contributed by atoms with Gasteiger partial charge in [-0.25, -0.2) is 4.98 Å². The number of hydrogen-bond acceptors (Lipinski definition) is 2. The number of hydrogen-bond donors (Lipinski definition) is 1. The zero-order valence-corrected chi connectivity index (χ0v) is 16.4. The molecule has 0 aliphatic carbocycles. The van der Waals surface area contributed by atoms with Crippen LogP contribution >= 0.6 is 0 Å². The average molecular weight is 379 g/mol. The van der Waals surface area contributed by atoms with Gasteiger partial charge in [0, 0.05) is 16.5 Å². The van der Waals surface area contributed by atoms with Gasteiger partial charge in [-0.05, 0) is 37.6 Å². The number of benzene rings is 3. The van der Waals surface area contributed by atoms with Crippen LogP contribution in [0, 0.1) is 13.8 Å². The second kappa shape index (κ2) is 6.74. The molecular formula is C25H21N3O. The number of fused-ring (bicyclic) bond motifs is 2. The van der Waals surface area contributed by atoms with Crippen LogP contribution in [0.4, 0.5) is 0 Å². The zero-order valence-electron chi connectivity index (χ0n) is 16.4. The van der Waals surface area contributed by atoms with Gasteiger partial charge in [0.2, 0.25) is 0 Å². The van der Waals surface area contributed by atoms with E-state index in [1.807, 2.05) is 43.3 Å². The minimum absolute atomic E-state index is 0.00626. The van der Waals surface area contributed by atoms with Crippen LogP contribution < -0.4 is 5.56 Å². The summed E-state index contributed by atoms with van der Waals surface area (Å²) < 4.78 is 1.77. The van der Waals surface area contributed by atoms with Crippen molar-refractivity contribution >= 4 is 21.8 Å². The first-order valence-corrected chi connectivity index (χ1v) is 9.74. The maximum absolute atomic E-state index is 13.2. The van der Waals surface area contributed by atoms with Gasteiger partial charge in [0.15, 0.2) is 0 Å². The first-order chi connectivity index (χ1) is 14.1. The van der Waals surface area contributed by atoms with Crippen LogP contribution in [0.2, 0.25) is 0 Å². The highest BCUT2D eigenvalue weighted by atomic mass is 16.1. The summed E-state index contributed by atoms with van der Waals surface area (Å²) in [6.45, 7) is 4.45. The minimum atomic E-state index is -0.00626. The molecule has 0 bridgehead atoms. The van der Waals surface area contributed by atoms with Gasteiger partial charge in [0.1, 0.15) is 5.82 Å². The Morgan fingerprint density at radius 1 is 0.862 bits per heavy atom. The fourth-order valence-electron chi connectivity index (χ4n) is 3.95. The maximum atomic E-state index is 13.2. The number of para-hydroxylation sites is 2. The Morgan fingerprint density at radius 2 is 1.55 bits per heavy atom. The van der Waals surface area contributed by atoms with Crippen LogP contribution in [0.5, 0.6) is 0 Å². The van der Waals surface area contributed by atoms with E-state index in [0.29, 0.717) is 17.8 Å². The molecule has 5 rings (SSSR count). The molecule has 0 aliphatic rings. The molecule has 2 heterocycles. The van der Waals surface area contributed by atoms with E-state index in [-0.39, 0.29) is 5.56 Å². The Morgan fingerprint density at radius 3 is 2.34 bits per heavy atom. The minimum Gasteiger partial charge on any atom is -0.354 e. The number of aryl methyl sites for hydroxylation is 2. The van der Waals surface area contributed by atoms with E-state index < -0.39 is 0 Å². The van der Waals surface area contributed by atoms with Crippen LogP contribution in [-0.2, 0) is 6.54 Å². The summed E-state index contributed by atoms with van der Waals surface area (Å²) in [5, 5.41) is 1.78. The summed E-state index contributed by atoms with van der Waals surface area (Å²) in [6, 6.07) is 24.2.